The number of halogens is 2. The van der Waals surface area contributed by atoms with E-state index < -0.39 is 0 Å². The Morgan fingerprint density at radius 2 is 2.00 bits per heavy atom. The molecule has 2 heterocycles. The predicted molar refractivity (Wildman–Crippen MR) is 84.0 cm³/mol. The second kappa shape index (κ2) is 6.04. The molecule has 2 N–H and O–H groups in total. The highest BCUT2D eigenvalue weighted by molar-refractivity contribution is 14.1. The molecule has 3 rings (SSSR count). The van der Waals surface area contributed by atoms with E-state index in [4.69, 9.17) is 0 Å². The van der Waals surface area contributed by atoms with Gasteiger partial charge in [-0.1, -0.05) is 12.1 Å². The number of imidazole rings is 1. The van der Waals surface area contributed by atoms with Gasteiger partial charge in [-0.15, -0.1) is 12.4 Å². The van der Waals surface area contributed by atoms with Gasteiger partial charge in [0.25, 0.3) is 0 Å². The van der Waals surface area contributed by atoms with E-state index in [1.165, 1.54) is 22.0 Å². The van der Waals surface area contributed by atoms with E-state index in [-0.39, 0.29) is 12.4 Å². The summed E-state index contributed by atoms with van der Waals surface area (Å²) in [6.07, 6.45) is 4.35. The highest BCUT2D eigenvalue weighted by Crippen LogP contribution is 2.24. The smallest absolute Gasteiger partial charge is 0.123 e. The molecule has 3 nitrogen and oxygen atoms in total. The largest absolute Gasteiger partial charge is 0.341 e. The number of benzene rings is 1. The molecule has 18 heavy (non-hydrogen) atoms. The Hall–Kier alpha value is -0.590. The zero-order chi connectivity index (χ0) is 11.7. The molecule has 0 aliphatic carbocycles. The van der Waals surface area contributed by atoms with Crippen molar-refractivity contribution in [2.45, 2.75) is 18.9 Å². The topological polar surface area (TPSA) is 40.7 Å². The number of hydrogen-bond donors (Lipinski definition) is 2. The van der Waals surface area contributed by atoms with Crippen LogP contribution in [-0.4, -0.2) is 16.5 Å². The molecule has 5 heteroatoms. The standard InChI is InChI=1S/C13H14IN3.ClH/c14-10-5-3-9(4-6-10)12-8-16-13(17-12)11-2-1-7-15-11;/h3-6,8,11,15H,1-2,7H2,(H,16,17);1H. The maximum absolute atomic E-state index is 4.48. The number of hydrogen-bond acceptors (Lipinski definition) is 2. The molecular weight excluding hydrogens is 361 g/mol. The molecule has 1 atom stereocenters. The molecule has 1 aliphatic heterocycles. The van der Waals surface area contributed by atoms with Crippen molar-refractivity contribution < 1.29 is 0 Å². The highest BCUT2D eigenvalue weighted by Gasteiger charge is 2.19. The molecular formula is C13H15ClIN3. The van der Waals surface area contributed by atoms with Gasteiger partial charge in [-0.2, -0.15) is 0 Å². The summed E-state index contributed by atoms with van der Waals surface area (Å²) in [6, 6.07) is 8.89. The van der Waals surface area contributed by atoms with Gasteiger partial charge in [-0.05, 0) is 59.7 Å². The summed E-state index contributed by atoms with van der Waals surface area (Å²) in [5.41, 5.74) is 2.30. The van der Waals surface area contributed by atoms with E-state index in [1.807, 2.05) is 6.20 Å². The quantitative estimate of drug-likeness (QED) is 0.789. The van der Waals surface area contributed by atoms with Crippen molar-refractivity contribution in [3.63, 3.8) is 0 Å². The van der Waals surface area contributed by atoms with Crippen molar-refractivity contribution in [3.8, 4) is 11.3 Å². The van der Waals surface area contributed by atoms with Crippen LogP contribution in [0.25, 0.3) is 11.3 Å². The van der Waals surface area contributed by atoms with Crippen LogP contribution >= 0.6 is 35.0 Å². The van der Waals surface area contributed by atoms with Crippen LogP contribution in [0, 0.1) is 3.57 Å². The first-order chi connectivity index (χ1) is 8.33. The first-order valence-electron chi connectivity index (χ1n) is 5.87. The lowest BCUT2D eigenvalue weighted by Gasteiger charge is -2.05. The van der Waals surface area contributed by atoms with Crippen LogP contribution in [0.1, 0.15) is 24.7 Å². The lowest BCUT2D eigenvalue weighted by molar-refractivity contribution is 0.613. The molecule has 0 radical (unpaired) electrons. The van der Waals surface area contributed by atoms with Crippen molar-refractivity contribution in [1.82, 2.24) is 15.3 Å². The fraction of sp³-hybridized carbons (Fsp3) is 0.308. The summed E-state index contributed by atoms with van der Waals surface area (Å²) in [5.74, 6) is 1.07. The minimum Gasteiger partial charge on any atom is -0.341 e. The maximum atomic E-state index is 4.48. The lowest BCUT2D eigenvalue weighted by atomic mass is 10.2. The summed E-state index contributed by atoms with van der Waals surface area (Å²) in [7, 11) is 0. The van der Waals surface area contributed by atoms with Gasteiger partial charge in [0.1, 0.15) is 5.82 Å². The Labute approximate surface area is 126 Å². The Bertz CT molecular complexity index is 503. The predicted octanol–water partition coefficient (Wildman–Crippen LogP) is 3.53. The van der Waals surface area contributed by atoms with E-state index in [2.05, 4.69) is 62.1 Å². The summed E-state index contributed by atoms with van der Waals surface area (Å²) >= 11 is 2.32. The van der Waals surface area contributed by atoms with Crippen molar-refractivity contribution in [3.05, 3.63) is 39.9 Å². The summed E-state index contributed by atoms with van der Waals surface area (Å²) in [6.45, 7) is 1.10. The summed E-state index contributed by atoms with van der Waals surface area (Å²) < 4.78 is 1.25. The zero-order valence-corrected chi connectivity index (χ0v) is 12.8. The Balaban J connectivity index is 0.00000120. The fourth-order valence-electron chi connectivity index (χ4n) is 2.21. The normalized spacial score (nSPS) is 18.6. The van der Waals surface area contributed by atoms with Gasteiger partial charge >= 0.3 is 0 Å². The zero-order valence-electron chi connectivity index (χ0n) is 9.82. The van der Waals surface area contributed by atoms with Crippen LogP contribution in [0.15, 0.2) is 30.5 Å². The van der Waals surface area contributed by atoms with E-state index >= 15 is 0 Å². The molecule has 1 saturated heterocycles. The molecule has 1 aliphatic rings. The van der Waals surface area contributed by atoms with Crippen LogP contribution in [0.5, 0.6) is 0 Å². The first kappa shape index (κ1) is 13.8. The second-order valence-electron chi connectivity index (χ2n) is 4.34. The van der Waals surface area contributed by atoms with Gasteiger partial charge < -0.3 is 10.3 Å². The molecule has 1 aromatic carbocycles. The molecule has 96 valence electrons. The molecule has 0 amide bonds. The van der Waals surface area contributed by atoms with Gasteiger partial charge in [0.05, 0.1) is 17.9 Å². The van der Waals surface area contributed by atoms with Gasteiger partial charge in [-0.25, -0.2) is 4.98 Å². The maximum Gasteiger partial charge on any atom is 0.123 e. The van der Waals surface area contributed by atoms with E-state index in [0.29, 0.717) is 6.04 Å². The number of aromatic amines is 1. The lowest BCUT2D eigenvalue weighted by Crippen LogP contribution is -2.14. The Morgan fingerprint density at radius 3 is 2.67 bits per heavy atom. The van der Waals surface area contributed by atoms with Crippen molar-refractivity contribution in [2.24, 2.45) is 0 Å². The monoisotopic (exact) mass is 375 g/mol. The molecule has 0 saturated carbocycles. The number of H-pyrrole nitrogens is 1. The van der Waals surface area contributed by atoms with E-state index in [9.17, 15) is 0 Å². The molecule has 1 fully saturated rings. The second-order valence-corrected chi connectivity index (χ2v) is 5.58. The minimum absolute atomic E-state index is 0. The third-order valence-electron chi connectivity index (χ3n) is 3.14. The van der Waals surface area contributed by atoms with Gasteiger partial charge in [0.15, 0.2) is 0 Å². The number of rotatable bonds is 2. The molecule has 2 aromatic rings. The summed E-state index contributed by atoms with van der Waals surface area (Å²) in [5, 5.41) is 3.45. The minimum atomic E-state index is 0. The number of aromatic nitrogens is 2. The number of nitrogens with zero attached hydrogens (tertiary/aromatic N) is 1. The van der Waals surface area contributed by atoms with Crippen molar-refractivity contribution >= 4 is 35.0 Å². The van der Waals surface area contributed by atoms with Crippen molar-refractivity contribution in [1.29, 1.82) is 0 Å². The van der Waals surface area contributed by atoms with Crippen LogP contribution in [-0.2, 0) is 0 Å². The highest BCUT2D eigenvalue weighted by atomic mass is 127. The average Bonchev–Trinajstić information content (AvgIpc) is 3.00. The van der Waals surface area contributed by atoms with Crippen LogP contribution < -0.4 is 5.32 Å². The first-order valence-corrected chi connectivity index (χ1v) is 6.95. The van der Waals surface area contributed by atoms with E-state index in [1.54, 1.807) is 0 Å². The summed E-state index contributed by atoms with van der Waals surface area (Å²) in [4.78, 5) is 7.89. The Kier molecular flexibility index (Phi) is 4.64. The van der Waals surface area contributed by atoms with Gasteiger partial charge in [-0.3, -0.25) is 0 Å². The number of nitrogens with one attached hydrogen (secondary N) is 2. The molecule has 1 aromatic heterocycles. The SMILES string of the molecule is Cl.Ic1ccc(-c2cnc(C3CCCN3)[nH]2)cc1. The Morgan fingerprint density at radius 1 is 1.22 bits per heavy atom. The fourth-order valence-corrected chi connectivity index (χ4v) is 2.57. The van der Waals surface area contributed by atoms with Crippen molar-refractivity contribution in [2.75, 3.05) is 6.54 Å². The molecule has 0 bridgehead atoms. The van der Waals surface area contributed by atoms with Crippen LogP contribution in [0.2, 0.25) is 0 Å². The van der Waals surface area contributed by atoms with E-state index in [0.717, 1.165) is 18.1 Å². The van der Waals surface area contributed by atoms with Crippen LogP contribution in [0.3, 0.4) is 0 Å². The third-order valence-corrected chi connectivity index (χ3v) is 3.86. The van der Waals surface area contributed by atoms with Gasteiger partial charge in [0.2, 0.25) is 0 Å². The van der Waals surface area contributed by atoms with Crippen LogP contribution in [0.4, 0.5) is 0 Å². The van der Waals surface area contributed by atoms with Gasteiger partial charge in [0, 0.05) is 3.57 Å². The molecule has 1 unspecified atom stereocenters. The average molecular weight is 376 g/mol. The molecule has 0 spiro atoms. The third kappa shape index (κ3) is 2.87.